The molecule has 0 aliphatic heterocycles. The van der Waals surface area contributed by atoms with Gasteiger partial charge in [0.1, 0.15) is 5.82 Å². The van der Waals surface area contributed by atoms with Crippen molar-refractivity contribution in [1.82, 2.24) is 0 Å². The van der Waals surface area contributed by atoms with Crippen LogP contribution in [0.15, 0.2) is 30.3 Å². The summed E-state index contributed by atoms with van der Waals surface area (Å²) in [5.41, 5.74) is 1.24. The van der Waals surface area contributed by atoms with Gasteiger partial charge in [-0.25, -0.2) is 4.39 Å². The van der Waals surface area contributed by atoms with E-state index in [9.17, 15) is 9.18 Å². The van der Waals surface area contributed by atoms with Gasteiger partial charge in [-0.15, -0.1) is 0 Å². The summed E-state index contributed by atoms with van der Waals surface area (Å²) < 4.78 is 13.5. The van der Waals surface area contributed by atoms with E-state index in [1.54, 1.807) is 18.2 Å². The SMILES string of the molecule is CN(C)c1ccc(Cl)cc1NC(=O)c1cc(F)c(Cl)cc1Cl. The molecule has 0 aromatic heterocycles. The lowest BCUT2D eigenvalue weighted by atomic mass is 10.2. The second kappa shape index (κ2) is 6.73. The van der Waals surface area contributed by atoms with Crippen molar-refractivity contribution in [2.75, 3.05) is 24.3 Å². The van der Waals surface area contributed by atoms with Gasteiger partial charge in [0.05, 0.1) is 27.0 Å². The lowest BCUT2D eigenvalue weighted by molar-refractivity contribution is 0.102. The minimum atomic E-state index is -0.713. The number of rotatable bonds is 3. The number of nitrogens with one attached hydrogen (secondary N) is 1. The molecule has 0 unspecified atom stereocenters. The standard InChI is InChI=1S/C15H12Cl3FN2O/c1-21(2)14-4-3-8(16)5-13(14)20-15(22)9-6-12(19)11(18)7-10(9)17/h3-7H,1-2H3,(H,20,22). The molecular formula is C15H12Cl3FN2O. The van der Waals surface area contributed by atoms with E-state index >= 15 is 0 Å². The van der Waals surface area contributed by atoms with E-state index in [-0.39, 0.29) is 15.6 Å². The lowest BCUT2D eigenvalue weighted by Gasteiger charge is -2.18. The zero-order valence-corrected chi connectivity index (χ0v) is 14.0. The molecule has 1 amide bonds. The number of halogens is 4. The Morgan fingerprint density at radius 2 is 1.77 bits per heavy atom. The van der Waals surface area contributed by atoms with Crippen LogP contribution in [0, 0.1) is 5.82 Å². The molecule has 0 bridgehead atoms. The highest BCUT2D eigenvalue weighted by molar-refractivity contribution is 6.37. The maximum absolute atomic E-state index is 13.5. The zero-order chi connectivity index (χ0) is 16.4. The first-order valence-corrected chi connectivity index (χ1v) is 7.35. The molecule has 2 aromatic carbocycles. The fourth-order valence-electron chi connectivity index (χ4n) is 1.88. The molecule has 0 aliphatic carbocycles. The Morgan fingerprint density at radius 1 is 1.09 bits per heavy atom. The highest BCUT2D eigenvalue weighted by atomic mass is 35.5. The van der Waals surface area contributed by atoms with Gasteiger partial charge in [0.2, 0.25) is 0 Å². The summed E-state index contributed by atoms with van der Waals surface area (Å²) in [7, 11) is 3.65. The van der Waals surface area contributed by atoms with Gasteiger partial charge < -0.3 is 10.2 Å². The van der Waals surface area contributed by atoms with Crippen LogP contribution in [0.25, 0.3) is 0 Å². The number of carbonyl (C=O) groups excluding carboxylic acids is 1. The van der Waals surface area contributed by atoms with Crippen LogP contribution >= 0.6 is 34.8 Å². The van der Waals surface area contributed by atoms with Crippen LogP contribution in [0.1, 0.15) is 10.4 Å². The predicted molar refractivity (Wildman–Crippen MR) is 90.2 cm³/mol. The van der Waals surface area contributed by atoms with Crippen LogP contribution in [-0.2, 0) is 0 Å². The van der Waals surface area contributed by atoms with Crippen molar-refractivity contribution in [2.45, 2.75) is 0 Å². The molecule has 0 radical (unpaired) electrons. The van der Waals surface area contributed by atoms with Gasteiger partial charge >= 0.3 is 0 Å². The Labute approximate surface area is 142 Å². The van der Waals surface area contributed by atoms with E-state index < -0.39 is 11.7 Å². The van der Waals surface area contributed by atoms with Gasteiger partial charge in [-0.05, 0) is 30.3 Å². The molecule has 2 aromatic rings. The highest BCUT2D eigenvalue weighted by Crippen LogP contribution is 2.30. The van der Waals surface area contributed by atoms with E-state index in [1.807, 2.05) is 19.0 Å². The van der Waals surface area contributed by atoms with E-state index in [2.05, 4.69) is 5.32 Å². The molecule has 0 fully saturated rings. The lowest BCUT2D eigenvalue weighted by Crippen LogP contribution is -2.17. The van der Waals surface area contributed by atoms with Crippen LogP contribution in [0.2, 0.25) is 15.1 Å². The second-order valence-corrected chi connectivity index (χ2v) is 6.01. The Hall–Kier alpha value is -1.49. The minimum absolute atomic E-state index is 0.00625. The molecule has 2 rings (SSSR count). The first-order chi connectivity index (χ1) is 10.3. The Balaban J connectivity index is 2.37. The molecule has 116 valence electrons. The van der Waals surface area contributed by atoms with Crippen molar-refractivity contribution < 1.29 is 9.18 Å². The summed E-state index contributed by atoms with van der Waals surface area (Å²) in [5, 5.41) is 3.07. The van der Waals surface area contributed by atoms with Crippen molar-refractivity contribution in [3.05, 3.63) is 56.8 Å². The van der Waals surface area contributed by atoms with Crippen molar-refractivity contribution in [1.29, 1.82) is 0 Å². The second-order valence-electron chi connectivity index (χ2n) is 4.76. The molecule has 1 N–H and O–H groups in total. The number of anilines is 2. The van der Waals surface area contributed by atoms with E-state index in [0.717, 1.165) is 11.8 Å². The normalized spacial score (nSPS) is 10.5. The van der Waals surface area contributed by atoms with Crippen LogP contribution < -0.4 is 10.2 Å². The third kappa shape index (κ3) is 3.64. The predicted octanol–water partition coefficient (Wildman–Crippen LogP) is 5.10. The average Bonchev–Trinajstić information content (AvgIpc) is 2.42. The maximum Gasteiger partial charge on any atom is 0.257 e. The largest absolute Gasteiger partial charge is 0.376 e. The summed E-state index contributed by atoms with van der Waals surface area (Å²) in [6, 6.07) is 7.27. The van der Waals surface area contributed by atoms with Crippen LogP contribution in [0.5, 0.6) is 0 Å². The van der Waals surface area contributed by atoms with Crippen LogP contribution in [0.4, 0.5) is 15.8 Å². The fraction of sp³-hybridized carbons (Fsp3) is 0.133. The molecule has 22 heavy (non-hydrogen) atoms. The summed E-state index contributed by atoms with van der Waals surface area (Å²) in [6.07, 6.45) is 0. The summed E-state index contributed by atoms with van der Waals surface area (Å²) in [4.78, 5) is 14.1. The Morgan fingerprint density at radius 3 is 2.41 bits per heavy atom. The monoisotopic (exact) mass is 360 g/mol. The molecular weight excluding hydrogens is 350 g/mol. The first kappa shape index (κ1) is 16.9. The molecule has 3 nitrogen and oxygen atoms in total. The Kier molecular flexibility index (Phi) is 5.16. The summed E-state index contributed by atoms with van der Waals surface area (Å²) >= 11 is 17.5. The van der Waals surface area contributed by atoms with Crippen molar-refractivity contribution >= 4 is 52.1 Å². The van der Waals surface area contributed by atoms with Gasteiger partial charge in [-0.1, -0.05) is 34.8 Å². The number of hydrogen-bond donors (Lipinski definition) is 1. The fourth-order valence-corrected chi connectivity index (χ4v) is 2.53. The van der Waals surface area contributed by atoms with Crippen LogP contribution in [0.3, 0.4) is 0 Å². The van der Waals surface area contributed by atoms with Gasteiger partial charge in [-0.2, -0.15) is 0 Å². The summed E-state index contributed by atoms with van der Waals surface area (Å²) in [6.45, 7) is 0. The maximum atomic E-state index is 13.5. The number of carbonyl (C=O) groups is 1. The van der Waals surface area contributed by atoms with E-state index in [4.69, 9.17) is 34.8 Å². The van der Waals surface area contributed by atoms with E-state index in [1.165, 1.54) is 6.07 Å². The van der Waals surface area contributed by atoms with Gasteiger partial charge in [0, 0.05) is 19.1 Å². The first-order valence-electron chi connectivity index (χ1n) is 6.22. The van der Waals surface area contributed by atoms with Crippen molar-refractivity contribution in [3.63, 3.8) is 0 Å². The average molecular weight is 362 g/mol. The number of amides is 1. The van der Waals surface area contributed by atoms with E-state index in [0.29, 0.717) is 10.7 Å². The quantitative estimate of drug-likeness (QED) is 0.771. The summed E-state index contributed by atoms with van der Waals surface area (Å²) in [5.74, 6) is -1.26. The molecule has 0 heterocycles. The molecule has 7 heteroatoms. The van der Waals surface area contributed by atoms with Crippen molar-refractivity contribution in [2.24, 2.45) is 0 Å². The van der Waals surface area contributed by atoms with Gasteiger partial charge in [-0.3, -0.25) is 4.79 Å². The minimum Gasteiger partial charge on any atom is -0.376 e. The van der Waals surface area contributed by atoms with Crippen molar-refractivity contribution in [3.8, 4) is 0 Å². The topological polar surface area (TPSA) is 32.3 Å². The molecule has 0 aliphatic rings. The highest BCUT2D eigenvalue weighted by Gasteiger charge is 2.16. The molecule has 0 atom stereocenters. The molecule has 0 saturated carbocycles. The third-order valence-electron chi connectivity index (χ3n) is 2.94. The van der Waals surface area contributed by atoms with Crippen LogP contribution in [-0.4, -0.2) is 20.0 Å². The molecule has 0 saturated heterocycles. The molecule has 0 spiro atoms. The van der Waals surface area contributed by atoms with Gasteiger partial charge in [0.25, 0.3) is 5.91 Å². The Bertz CT molecular complexity index is 735. The number of hydrogen-bond acceptors (Lipinski definition) is 2. The third-order valence-corrected chi connectivity index (χ3v) is 3.78. The zero-order valence-electron chi connectivity index (χ0n) is 11.8. The number of nitrogens with zero attached hydrogens (tertiary/aromatic N) is 1. The van der Waals surface area contributed by atoms with Gasteiger partial charge in [0.15, 0.2) is 0 Å². The smallest absolute Gasteiger partial charge is 0.257 e. The number of benzene rings is 2.